The van der Waals surface area contributed by atoms with E-state index in [2.05, 4.69) is 5.32 Å². The molecule has 0 radical (unpaired) electrons. The molecule has 0 spiro atoms. The van der Waals surface area contributed by atoms with Gasteiger partial charge in [0.25, 0.3) is 0 Å². The van der Waals surface area contributed by atoms with E-state index in [4.69, 9.17) is 10.8 Å². The molecular weight excluding hydrogens is 232 g/mol. The van der Waals surface area contributed by atoms with E-state index in [-0.39, 0.29) is 12.3 Å². The lowest BCUT2D eigenvalue weighted by atomic mass is 10.1. The lowest BCUT2D eigenvalue weighted by Gasteiger charge is -2.10. The second-order valence-electron chi connectivity index (χ2n) is 4.33. The van der Waals surface area contributed by atoms with Gasteiger partial charge in [-0.2, -0.15) is 0 Å². The fraction of sp³-hybridized carbons (Fsp3) is 0.385. The van der Waals surface area contributed by atoms with Crippen LogP contribution in [0.2, 0.25) is 0 Å². The Morgan fingerprint density at radius 2 is 2.11 bits per heavy atom. The van der Waals surface area contributed by atoms with Gasteiger partial charge in [0.05, 0.1) is 6.10 Å². The molecule has 1 aromatic rings. The standard InChI is InChI=1S/C13H18N2O3/c1-8-7-10(13(14)18)4-5-11(8)15-12(17)6-3-9(2)16/h4-5,7,9,16H,3,6H2,1-2H3,(H2,14,18)(H,15,17). The van der Waals surface area contributed by atoms with Crippen LogP contribution in [0, 0.1) is 6.92 Å². The Morgan fingerprint density at radius 3 is 2.61 bits per heavy atom. The van der Waals surface area contributed by atoms with Crippen molar-refractivity contribution >= 4 is 17.5 Å². The normalized spacial score (nSPS) is 11.9. The summed E-state index contributed by atoms with van der Waals surface area (Å²) < 4.78 is 0. The molecule has 1 unspecified atom stereocenters. The van der Waals surface area contributed by atoms with Crippen molar-refractivity contribution in [3.05, 3.63) is 29.3 Å². The molecule has 4 N–H and O–H groups in total. The maximum atomic E-state index is 11.6. The number of aliphatic hydroxyl groups excluding tert-OH is 1. The molecule has 1 aromatic carbocycles. The molecule has 0 saturated heterocycles. The number of rotatable bonds is 5. The van der Waals surface area contributed by atoms with Crippen molar-refractivity contribution in [1.82, 2.24) is 0 Å². The third-order valence-corrected chi connectivity index (χ3v) is 2.57. The number of hydrogen-bond acceptors (Lipinski definition) is 3. The third-order valence-electron chi connectivity index (χ3n) is 2.57. The van der Waals surface area contributed by atoms with Crippen LogP contribution in [-0.4, -0.2) is 23.0 Å². The lowest BCUT2D eigenvalue weighted by Crippen LogP contribution is -2.15. The molecule has 0 aromatic heterocycles. The molecule has 0 fully saturated rings. The molecule has 0 bridgehead atoms. The van der Waals surface area contributed by atoms with Gasteiger partial charge in [0, 0.05) is 17.7 Å². The minimum atomic E-state index is -0.495. The molecule has 18 heavy (non-hydrogen) atoms. The van der Waals surface area contributed by atoms with Crippen LogP contribution in [0.5, 0.6) is 0 Å². The second-order valence-corrected chi connectivity index (χ2v) is 4.33. The van der Waals surface area contributed by atoms with E-state index >= 15 is 0 Å². The molecule has 1 atom stereocenters. The van der Waals surface area contributed by atoms with Crippen LogP contribution in [0.1, 0.15) is 35.7 Å². The maximum absolute atomic E-state index is 11.6. The Kier molecular flexibility index (Phi) is 4.85. The first kappa shape index (κ1) is 14.2. The maximum Gasteiger partial charge on any atom is 0.248 e. The predicted molar refractivity (Wildman–Crippen MR) is 69.2 cm³/mol. The summed E-state index contributed by atoms with van der Waals surface area (Å²) in [6.07, 6.45) is 0.188. The van der Waals surface area contributed by atoms with Crippen LogP contribution in [0.25, 0.3) is 0 Å². The van der Waals surface area contributed by atoms with Crippen LogP contribution in [0.3, 0.4) is 0 Å². The molecule has 2 amide bonds. The fourth-order valence-electron chi connectivity index (χ4n) is 1.51. The zero-order valence-electron chi connectivity index (χ0n) is 10.6. The molecule has 5 heteroatoms. The number of anilines is 1. The molecule has 0 aliphatic carbocycles. The highest BCUT2D eigenvalue weighted by Gasteiger charge is 2.08. The van der Waals surface area contributed by atoms with E-state index in [1.165, 1.54) is 0 Å². The van der Waals surface area contributed by atoms with Gasteiger partial charge < -0.3 is 16.2 Å². The van der Waals surface area contributed by atoms with Gasteiger partial charge in [0.1, 0.15) is 0 Å². The SMILES string of the molecule is Cc1cc(C(N)=O)ccc1NC(=O)CCC(C)O. The number of primary amides is 1. The van der Waals surface area contributed by atoms with Gasteiger partial charge in [-0.05, 0) is 44.0 Å². The number of amides is 2. The highest BCUT2D eigenvalue weighted by atomic mass is 16.3. The lowest BCUT2D eigenvalue weighted by molar-refractivity contribution is -0.116. The molecule has 0 saturated carbocycles. The largest absolute Gasteiger partial charge is 0.393 e. The number of carbonyl (C=O) groups is 2. The van der Waals surface area contributed by atoms with E-state index in [0.29, 0.717) is 17.7 Å². The van der Waals surface area contributed by atoms with E-state index in [1.54, 1.807) is 32.0 Å². The predicted octanol–water partition coefficient (Wildman–Crippen LogP) is 1.19. The Morgan fingerprint density at radius 1 is 1.44 bits per heavy atom. The highest BCUT2D eigenvalue weighted by molar-refractivity contribution is 5.95. The number of carbonyl (C=O) groups excluding carboxylic acids is 2. The quantitative estimate of drug-likeness (QED) is 0.733. The Labute approximate surface area is 106 Å². The van der Waals surface area contributed by atoms with Crippen LogP contribution in [0.15, 0.2) is 18.2 Å². The summed E-state index contributed by atoms with van der Waals surface area (Å²) in [6, 6.07) is 4.85. The van der Waals surface area contributed by atoms with Crippen molar-refractivity contribution in [2.75, 3.05) is 5.32 Å². The molecule has 5 nitrogen and oxygen atoms in total. The molecule has 98 valence electrons. The molecule has 0 aliphatic heterocycles. The number of benzene rings is 1. The van der Waals surface area contributed by atoms with Gasteiger partial charge in [-0.15, -0.1) is 0 Å². The van der Waals surface area contributed by atoms with E-state index < -0.39 is 12.0 Å². The van der Waals surface area contributed by atoms with E-state index in [1.807, 2.05) is 0 Å². The Bertz CT molecular complexity index is 456. The average molecular weight is 250 g/mol. The van der Waals surface area contributed by atoms with Gasteiger partial charge in [0.2, 0.25) is 11.8 Å². The van der Waals surface area contributed by atoms with Crippen molar-refractivity contribution < 1.29 is 14.7 Å². The van der Waals surface area contributed by atoms with Gasteiger partial charge >= 0.3 is 0 Å². The summed E-state index contributed by atoms with van der Waals surface area (Å²) in [7, 11) is 0. The van der Waals surface area contributed by atoms with Gasteiger partial charge in [-0.1, -0.05) is 0 Å². The van der Waals surface area contributed by atoms with E-state index in [9.17, 15) is 9.59 Å². The van der Waals surface area contributed by atoms with Crippen LogP contribution in [-0.2, 0) is 4.79 Å². The highest BCUT2D eigenvalue weighted by Crippen LogP contribution is 2.16. The van der Waals surface area contributed by atoms with Crippen LogP contribution < -0.4 is 11.1 Å². The van der Waals surface area contributed by atoms with Crippen molar-refractivity contribution in [2.45, 2.75) is 32.8 Å². The van der Waals surface area contributed by atoms with Gasteiger partial charge in [0.15, 0.2) is 0 Å². The number of aryl methyl sites for hydroxylation is 1. The summed E-state index contributed by atoms with van der Waals surface area (Å²) in [6.45, 7) is 3.43. The first-order valence-corrected chi connectivity index (χ1v) is 5.78. The number of aliphatic hydroxyl groups is 1. The van der Waals surface area contributed by atoms with Crippen LogP contribution >= 0.6 is 0 Å². The zero-order valence-corrected chi connectivity index (χ0v) is 10.6. The van der Waals surface area contributed by atoms with Crippen molar-refractivity contribution in [3.63, 3.8) is 0 Å². The Hall–Kier alpha value is -1.88. The van der Waals surface area contributed by atoms with Gasteiger partial charge in [-0.3, -0.25) is 9.59 Å². The Balaban J connectivity index is 2.68. The topological polar surface area (TPSA) is 92.4 Å². The first-order chi connectivity index (χ1) is 8.40. The third kappa shape index (κ3) is 4.18. The van der Waals surface area contributed by atoms with E-state index in [0.717, 1.165) is 5.56 Å². The van der Waals surface area contributed by atoms with Crippen molar-refractivity contribution in [2.24, 2.45) is 5.73 Å². The summed E-state index contributed by atoms with van der Waals surface area (Å²) in [4.78, 5) is 22.5. The minimum absolute atomic E-state index is 0.161. The smallest absolute Gasteiger partial charge is 0.248 e. The number of nitrogens with one attached hydrogen (secondary N) is 1. The van der Waals surface area contributed by atoms with Gasteiger partial charge in [-0.25, -0.2) is 0 Å². The van der Waals surface area contributed by atoms with Crippen LogP contribution in [0.4, 0.5) is 5.69 Å². The minimum Gasteiger partial charge on any atom is -0.393 e. The summed E-state index contributed by atoms with van der Waals surface area (Å²) in [5.41, 5.74) is 7.00. The molecular formula is C13H18N2O3. The fourth-order valence-corrected chi connectivity index (χ4v) is 1.51. The van der Waals surface area contributed by atoms with Crippen molar-refractivity contribution in [3.8, 4) is 0 Å². The summed E-state index contributed by atoms with van der Waals surface area (Å²) in [5, 5.41) is 11.8. The zero-order chi connectivity index (χ0) is 13.7. The second kappa shape index (κ2) is 6.16. The summed E-state index contributed by atoms with van der Waals surface area (Å²) >= 11 is 0. The first-order valence-electron chi connectivity index (χ1n) is 5.78. The summed E-state index contributed by atoms with van der Waals surface area (Å²) in [5.74, 6) is -0.657. The molecule has 0 heterocycles. The number of nitrogens with two attached hydrogens (primary N) is 1. The molecule has 1 rings (SSSR count). The number of hydrogen-bond donors (Lipinski definition) is 3. The average Bonchev–Trinajstić information content (AvgIpc) is 2.29. The van der Waals surface area contributed by atoms with Crippen molar-refractivity contribution in [1.29, 1.82) is 0 Å². The monoisotopic (exact) mass is 250 g/mol. The molecule has 0 aliphatic rings.